The summed E-state index contributed by atoms with van der Waals surface area (Å²) in [5.74, 6) is 0.390. The minimum Gasteiger partial charge on any atom is -0.353 e. The van der Waals surface area contributed by atoms with E-state index in [1.807, 2.05) is 35.2 Å². The highest BCUT2D eigenvalue weighted by Gasteiger charge is 2.33. The lowest BCUT2D eigenvalue weighted by atomic mass is 10.1. The molecule has 2 aliphatic rings. The number of anilines is 1. The van der Waals surface area contributed by atoms with Gasteiger partial charge in [-0.3, -0.25) is 0 Å². The number of amides is 2. The van der Waals surface area contributed by atoms with Crippen molar-refractivity contribution in [2.75, 3.05) is 31.1 Å². The molecule has 4 rings (SSSR count). The number of rotatable bonds is 2. The van der Waals surface area contributed by atoms with Gasteiger partial charge in [-0.1, -0.05) is 30.3 Å². The standard InChI is InChI=1S/C19H20FN5O/c20-16-6-7-18(21-14-16)23-10-12-24(13-11-23)19(26)25-17(8-9-22-25)15-4-2-1-3-5-15/h1-7,9,14,17H,8,10-13H2. The average molecular weight is 353 g/mol. The molecule has 2 aliphatic heterocycles. The van der Waals surface area contributed by atoms with Crippen molar-refractivity contribution in [3.8, 4) is 0 Å². The molecule has 26 heavy (non-hydrogen) atoms. The van der Waals surface area contributed by atoms with Gasteiger partial charge < -0.3 is 9.80 Å². The number of halogens is 1. The Kier molecular flexibility index (Phi) is 4.51. The van der Waals surface area contributed by atoms with Crippen LogP contribution in [-0.4, -0.2) is 53.3 Å². The summed E-state index contributed by atoms with van der Waals surface area (Å²) in [5.41, 5.74) is 1.09. The highest BCUT2D eigenvalue weighted by atomic mass is 19.1. The van der Waals surface area contributed by atoms with Crippen LogP contribution in [0.1, 0.15) is 18.0 Å². The monoisotopic (exact) mass is 353 g/mol. The van der Waals surface area contributed by atoms with E-state index in [0.29, 0.717) is 26.2 Å². The van der Waals surface area contributed by atoms with Crippen molar-refractivity contribution in [2.24, 2.45) is 5.10 Å². The van der Waals surface area contributed by atoms with Gasteiger partial charge in [-0.25, -0.2) is 19.2 Å². The van der Waals surface area contributed by atoms with Crippen molar-refractivity contribution in [3.05, 3.63) is 60.0 Å². The summed E-state index contributed by atoms with van der Waals surface area (Å²) in [5, 5.41) is 5.89. The van der Waals surface area contributed by atoms with Gasteiger partial charge in [0.2, 0.25) is 0 Å². The Balaban J connectivity index is 1.40. The fourth-order valence-corrected chi connectivity index (χ4v) is 3.38. The molecule has 1 aromatic heterocycles. The van der Waals surface area contributed by atoms with Gasteiger partial charge in [-0.15, -0.1) is 0 Å². The zero-order valence-electron chi connectivity index (χ0n) is 14.3. The van der Waals surface area contributed by atoms with Gasteiger partial charge >= 0.3 is 6.03 Å². The molecule has 2 amide bonds. The molecule has 1 atom stereocenters. The molecule has 1 fully saturated rings. The number of carbonyl (C=O) groups excluding carboxylic acids is 1. The zero-order valence-corrected chi connectivity index (χ0v) is 14.3. The van der Waals surface area contributed by atoms with Crippen molar-refractivity contribution in [3.63, 3.8) is 0 Å². The van der Waals surface area contributed by atoms with E-state index in [9.17, 15) is 9.18 Å². The molecule has 0 radical (unpaired) electrons. The van der Waals surface area contributed by atoms with Crippen molar-refractivity contribution < 1.29 is 9.18 Å². The molecule has 1 aromatic carbocycles. The molecule has 6 nitrogen and oxygen atoms in total. The molecule has 0 saturated carbocycles. The first-order chi connectivity index (χ1) is 12.7. The second-order valence-corrected chi connectivity index (χ2v) is 6.40. The highest BCUT2D eigenvalue weighted by molar-refractivity contribution is 5.78. The first-order valence-electron chi connectivity index (χ1n) is 8.74. The minimum absolute atomic E-state index is 0.0412. The fourth-order valence-electron chi connectivity index (χ4n) is 3.38. The smallest absolute Gasteiger partial charge is 0.341 e. The number of benzene rings is 1. The largest absolute Gasteiger partial charge is 0.353 e. The molecule has 1 saturated heterocycles. The highest BCUT2D eigenvalue weighted by Crippen LogP contribution is 2.29. The van der Waals surface area contributed by atoms with E-state index < -0.39 is 0 Å². The van der Waals surface area contributed by atoms with Gasteiger partial charge in [0.05, 0.1) is 12.2 Å². The number of hydrogen-bond acceptors (Lipinski definition) is 4. The predicted molar refractivity (Wildman–Crippen MR) is 97.5 cm³/mol. The summed E-state index contributed by atoms with van der Waals surface area (Å²) in [6.07, 6.45) is 3.75. The van der Waals surface area contributed by atoms with E-state index in [4.69, 9.17) is 0 Å². The molecule has 0 N–H and O–H groups in total. The Bertz CT molecular complexity index is 787. The van der Waals surface area contributed by atoms with Crippen molar-refractivity contribution in [1.82, 2.24) is 14.9 Å². The number of nitrogens with zero attached hydrogens (tertiary/aromatic N) is 5. The molecule has 7 heteroatoms. The summed E-state index contributed by atoms with van der Waals surface area (Å²) in [6.45, 7) is 2.51. The third kappa shape index (κ3) is 3.24. The lowest BCUT2D eigenvalue weighted by Crippen LogP contribution is -2.52. The fraction of sp³-hybridized carbons (Fsp3) is 0.316. The molecule has 134 valence electrons. The molecule has 0 bridgehead atoms. The van der Waals surface area contributed by atoms with Crippen LogP contribution in [0.2, 0.25) is 0 Å². The van der Waals surface area contributed by atoms with E-state index in [1.165, 1.54) is 12.3 Å². The van der Waals surface area contributed by atoms with Crippen molar-refractivity contribution in [1.29, 1.82) is 0 Å². The van der Waals surface area contributed by atoms with Crippen LogP contribution in [0.5, 0.6) is 0 Å². The summed E-state index contributed by atoms with van der Waals surface area (Å²) in [7, 11) is 0. The Labute approximate surface area is 151 Å². The van der Waals surface area contributed by atoms with Crippen LogP contribution in [0.25, 0.3) is 0 Å². The van der Waals surface area contributed by atoms with Crippen molar-refractivity contribution >= 4 is 18.1 Å². The number of aromatic nitrogens is 1. The summed E-state index contributed by atoms with van der Waals surface area (Å²) >= 11 is 0. The molecule has 1 unspecified atom stereocenters. The van der Waals surface area contributed by atoms with E-state index in [2.05, 4.69) is 15.0 Å². The van der Waals surface area contributed by atoms with Crippen LogP contribution < -0.4 is 4.90 Å². The topological polar surface area (TPSA) is 52.0 Å². The molecule has 0 aliphatic carbocycles. The predicted octanol–water partition coefficient (Wildman–Crippen LogP) is 2.90. The summed E-state index contributed by atoms with van der Waals surface area (Å²) in [4.78, 5) is 20.9. The van der Waals surface area contributed by atoms with E-state index >= 15 is 0 Å². The summed E-state index contributed by atoms with van der Waals surface area (Å²) < 4.78 is 13.0. The maximum absolute atomic E-state index is 13.0. The first kappa shape index (κ1) is 16.5. The van der Waals surface area contributed by atoms with E-state index in [1.54, 1.807) is 17.3 Å². The van der Waals surface area contributed by atoms with Gasteiger partial charge in [0, 0.05) is 38.8 Å². The Morgan fingerprint density at radius 1 is 1.04 bits per heavy atom. The Hall–Kier alpha value is -2.96. The minimum atomic E-state index is -0.346. The second-order valence-electron chi connectivity index (χ2n) is 6.40. The summed E-state index contributed by atoms with van der Waals surface area (Å²) in [6, 6.07) is 12.9. The molecule has 2 aromatic rings. The van der Waals surface area contributed by atoms with E-state index in [0.717, 1.165) is 17.8 Å². The quantitative estimate of drug-likeness (QED) is 0.834. The number of hydrazone groups is 1. The SMILES string of the molecule is O=C(N1CCN(c2ccc(F)cn2)CC1)N1N=CCC1c1ccccc1. The number of hydrogen-bond donors (Lipinski definition) is 0. The van der Waals surface area contributed by atoms with Gasteiger partial charge in [0.1, 0.15) is 11.6 Å². The van der Waals surface area contributed by atoms with E-state index in [-0.39, 0.29) is 17.9 Å². The van der Waals surface area contributed by atoms with Crippen LogP contribution >= 0.6 is 0 Å². The maximum atomic E-state index is 13.0. The van der Waals surface area contributed by atoms with Crippen LogP contribution in [0.3, 0.4) is 0 Å². The number of urea groups is 1. The van der Waals surface area contributed by atoms with Crippen LogP contribution in [-0.2, 0) is 0 Å². The lowest BCUT2D eigenvalue weighted by Gasteiger charge is -2.37. The Morgan fingerprint density at radius 3 is 2.50 bits per heavy atom. The van der Waals surface area contributed by atoms with Crippen LogP contribution in [0.4, 0.5) is 15.0 Å². The van der Waals surface area contributed by atoms with Gasteiger partial charge in [-0.05, 0) is 17.7 Å². The lowest BCUT2D eigenvalue weighted by molar-refractivity contribution is 0.139. The van der Waals surface area contributed by atoms with Crippen LogP contribution in [0, 0.1) is 5.82 Å². The molecule has 3 heterocycles. The van der Waals surface area contributed by atoms with Gasteiger partial charge in [-0.2, -0.15) is 5.10 Å². The zero-order chi connectivity index (χ0) is 17.9. The number of carbonyl (C=O) groups is 1. The Morgan fingerprint density at radius 2 is 1.81 bits per heavy atom. The van der Waals surface area contributed by atoms with Crippen molar-refractivity contribution in [2.45, 2.75) is 12.5 Å². The van der Waals surface area contributed by atoms with Gasteiger partial charge in [0.25, 0.3) is 0 Å². The van der Waals surface area contributed by atoms with Gasteiger partial charge in [0.15, 0.2) is 0 Å². The third-order valence-electron chi connectivity index (χ3n) is 4.80. The molecular formula is C19H20FN5O. The molecular weight excluding hydrogens is 333 g/mol. The third-order valence-corrected chi connectivity index (χ3v) is 4.80. The number of pyridine rings is 1. The second kappa shape index (κ2) is 7.11. The maximum Gasteiger partial charge on any atom is 0.341 e. The number of piperazine rings is 1. The normalized spacial score (nSPS) is 19.9. The van der Waals surface area contributed by atoms with Crippen LogP contribution in [0.15, 0.2) is 53.8 Å². The molecule has 0 spiro atoms. The average Bonchev–Trinajstić information content (AvgIpc) is 3.19. The first-order valence-corrected chi connectivity index (χ1v) is 8.74.